The predicted molar refractivity (Wildman–Crippen MR) is 145 cm³/mol. The second-order valence-electron chi connectivity index (χ2n) is 8.69. The molecule has 5 aromatic rings. The number of rotatable bonds is 7. The van der Waals surface area contributed by atoms with Crippen molar-refractivity contribution < 1.29 is 17.7 Å². The Morgan fingerprint density at radius 2 is 1.47 bits per heavy atom. The van der Waals surface area contributed by atoms with Crippen molar-refractivity contribution in [3.8, 4) is 11.5 Å². The largest absolute Gasteiger partial charge is 0.508 e. The second kappa shape index (κ2) is 9.43. The summed E-state index contributed by atoms with van der Waals surface area (Å²) in [5, 5.41) is 17.1. The first-order valence-corrected chi connectivity index (χ1v) is 12.9. The minimum absolute atomic E-state index is 0.102. The van der Waals surface area contributed by atoms with Gasteiger partial charge in [-0.2, -0.15) is 8.42 Å². The van der Waals surface area contributed by atoms with Crippen LogP contribution in [0.1, 0.15) is 5.56 Å². The lowest BCUT2D eigenvalue weighted by Gasteiger charge is -2.18. The van der Waals surface area contributed by atoms with E-state index in [0.717, 1.165) is 27.4 Å². The van der Waals surface area contributed by atoms with Crippen LogP contribution in [0.15, 0.2) is 102 Å². The maximum Gasteiger partial charge on any atom is 0.339 e. The van der Waals surface area contributed by atoms with Gasteiger partial charge in [-0.1, -0.05) is 66.7 Å². The van der Waals surface area contributed by atoms with Crippen LogP contribution in [-0.2, 0) is 16.7 Å². The van der Waals surface area contributed by atoms with Gasteiger partial charge >= 0.3 is 10.1 Å². The maximum atomic E-state index is 13.4. The number of aromatic hydroxyl groups is 1. The van der Waals surface area contributed by atoms with E-state index < -0.39 is 10.1 Å². The standard InChI is InChI=1S/C29H26N2O4S/c1-31(2)26-14-7-12-23-22(26)11-8-16-29(23)36(33,34)35-28-15-6-5-13-25(28)30-19-24-21-10-4-3-9-20(21)17-18-27(24)32/h3-18,30,32H,19H2,1-2H3. The Labute approximate surface area is 210 Å². The van der Waals surface area contributed by atoms with Gasteiger partial charge in [-0.25, -0.2) is 0 Å². The summed E-state index contributed by atoms with van der Waals surface area (Å²) in [6, 6.07) is 28.9. The molecule has 7 heteroatoms. The molecule has 0 aliphatic rings. The van der Waals surface area contributed by atoms with Crippen molar-refractivity contribution in [2.45, 2.75) is 11.4 Å². The Hall–Kier alpha value is -4.23. The summed E-state index contributed by atoms with van der Waals surface area (Å²) >= 11 is 0. The van der Waals surface area contributed by atoms with Gasteiger partial charge in [0.15, 0.2) is 5.75 Å². The zero-order valence-corrected chi connectivity index (χ0v) is 20.8. The molecule has 182 valence electrons. The molecule has 0 atom stereocenters. The quantitative estimate of drug-likeness (QED) is 0.262. The topological polar surface area (TPSA) is 78.9 Å². The summed E-state index contributed by atoms with van der Waals surface area (Å²) < 4.78 is 32.6. The molecule has 0 heterocycles. The van der Waals surface area contributed by atoms with Crippen molar-refractivity contribution >= 4 is 43.0 Å². The van der Waals surface area contributed by atoms with E-state index in [-0.39, 0.29) is 22.9 Å². The Bertz CT molecular complexity index is 1680. The Balaban J connectivity index is 1.48. The van der Waals surface area contributed by atoms with Gasteiger partial charge in [0.1, 0.15) is 10.6 Å². The number of phenolic OH excluding ortho intramolecular Hbond substituents is 1. The third kappa shape index (κ3) is 4.41. The summed E-state index contributed by atoms with van der Waals surface area (Å²) in [6.45, 7) is 0.286. The van der Waals surface area contributed by atoms with E-state index in [1.54, 1.807) is 48.5 Å². The fourth-order valence-corrected chi connectivity index (χ4v) is 5.58. The highest BCUT2D eigenvalue weighted by atomic mass is 32.2. The van der Waals surface area contributed by atoms with E-state index in [9.17, 15) is 13.5 Å². The van der Waals surface area contributed by atoms with Crippen LogP contribution >= 0.6 is 0 Å². The average molecular weight is 499 g/mol. The van der Waals surface area contributed by atoms with Gasteiger partial charge < -0.3 is 19.5 Å². The smallest absolute Gasteiger partial charge is 0.339 e. The molecule has 0 saturated heterocycles. The van der Waals surface area contributed by atoms with Crippen LogP contribution in [0.2, 0.25) is 0 Å². The molecule has 0 aliphatic heterocycles. The molecular weight excluding hydrogens is 472 g/mol. The number of fused-ring (bicyclic) bond motifs is 2. The van der Waals surface area contributed by atoms with Crippen LogP contribution in [0.5, 0.6) is 11.5 Å². The van der Waals surface area contributed by atoms with Gasteiger partial charge in [0.25, 0.3) is 0 Å². The predicted octanol–water partition coefficient (Wildman–Crippen LogP) is 6.14. The number of hydrogen-bond donors (Lipinski definition) is 2. The highest BCUT2D eigenvalue weighted by Crippen LogP contribution is 2.34. The molecule has 0 amide bonds. The Morgan fingerprint density at radius 3 is 2.31 bits per heavy atom. The number of benzene rings is 5. The number of nitrogens with zero attached hydrogens (tertiary/aromatic N) is 1. The molecule has 6 nitrogen and oxygen atoms in total. The van der Waals surface area contributed by atoms with Crippen molar-refractivity contribution in [2.24, 2.45) is 0 Å². The first-order chi connectivity index (χ1) is 17.3. The molecule has 0 aromatic heterocycles. The van der Waals surface area contributed by atoms with E-state index in [1.165, 1.54) is 0 Å². The fraction of sp³-hybridized carbons (Fsp3) is 0.103. The molecule has 0 bridgehead atoms. The summed E-state index contributed by atoms with van der Waals surface area (Å²) in [7, 11) is -0.301. The van der Waals surface area contributed by atoms with Crippen LogP contribution in [0.3, 0.4) is 0 Å². The summed E-state index contributed by atoms with van der Waals surface area (Å²) in [4.78, 5) is 2.05. The normalized spacial score (nSPS) is 11.5. The lowest BCUT2D eigenvalue weighted by atomic mass is 10.0. The molecule has 0 saturated carbocycles. The van der Waals surface area contributed by atoms with Crippen LogP contribution < -0.4 is 14.4 Å². The molecule has 0 unspecified atom stereocenters. The summed E-state index contributed by atoms with van der Waals surface area (Å²) in [5.74, 6) is 0.345. The average Bonchev–Trinajstić information content (AvgIpc) is 2.88. The fourth-order valence-electron chi connectivity index (χ4n) is 4.41. The van der Waals surface area contributed by atoms with E-state index in [0.29, 0.717) is 11.1 Å². The Kier molecular flexibility index (Phi) is 6.16. The minimum Gasteiger partial charge on any atom is -0.508 e. The van der Waals surface area contributed by atoms with Gasteiger partial charge in [0.2, 0.25) is 0 Å². The van der Waals surface area contributed by atoms with Gasteiger partial charge in [0, 0.05) is 42.7 Å². The third-order valence-electron chi connectivity index (χ3n) is 6.17. The van der Waals surface area contributed by atoms with Gasteiger partial charge in [-0.05, 0) is 41.1 Å². The molecule has 0 fully saturated rings. The van der Waals surface area contributed by atoms with Gasteiger partial charge in [0.05, 0.1) is 5.69 Å². The second-order valence-corrected chi connectivity index (χ2v) is 10.2. The molecular formula is C29H26N2O4S. The molecule has 0 radical (unpaired) electrons. The number of para-hydroxylation sites is 2. The maximum absolute atomic E-state index is 13.4. The molecule has 0 aliphatic carbocycles. The number of nitrogens with one attached hydrogen (secondary N) is 1. The van der Waals surface area contributed by atoms with Crippen LogP contribution in [0.25, 0.3) is 21.5 Å². The third-order valence-corrected chi connectivity index (χ3v) is 7.46. The van der Waals surface area contributed by atoms with E-state index in [1.807, 2.05) is 67.5 Å². The van der Waals surface area contributed by atoms with Crippen LogP contribution in [-0.4, -0.2) is 27.6 Å². The van der Waals surface area contributed by atoms with E-state index >= 15 is 0 Å². The van der Waals surface area contributed by atoms with E-state index in [2.05, 4.69) is 5.32 Å². The van der Waals surface area contributed by atoms with Gasteiger partial charge in [-0.3, -0.25) is 0 Å². The van der Waals surface area contributed by atoms with Crippen molar-refractivity contribution in [2.75, 3.05) is 24.3 Å². The summed E-state index contributed by atoms with van der Waals surface area (Å²) in [5.41, 5.74) is 2.14. The van der Waals surface area contributed by atoms with Gasteiger partial charge in [-0.15, -0.1) is 0 Å². The molecule has 2 N–H and O–H groups in total. The molecule has 5 aromatic carbocycles. The van der Waals surface area contributed by atoms with E-state index in [4.69, 9.17) is 4.18 Å². The zero-order valence-electron chi connectivity index (χ0n) is 20.0. The summed E-state index contributed by atoms with van der Waals surface area (Å²) in [6.07, 6.45) is 0. The van der Waals surface area contributed by atoms with Crippen LogP contribution in [0, 0.1) is 0 Å². The molecule has 5 rings (SSSR count). The molecule has 0 spiro atoms. The van der Waals surface area contributed by atoms with Crippen molar-refractivity contribution in [1.29, 1.82) is 0 Å². The van der Waals surface area contributed by atoms with Crippen molar-refractivity contribution in [3.63, 3.8) is 0 Å². The van der Waals surface area contributed by atoms with Crippen LogP contribution in [0.4, 0.5) is 11.4 Å². The zero-order chi connectivity index (χ0) is 25.3. The highest BCUT2D eigenvalue weighted by molar-refractivity contribution is 7.87. The Morgan fingerprint density at radius 1 is 0.778 bits per heavy atom. The molecule has 36 heavy (non-hydrogen) atoms. The van der Waals surface area contributed by atoms with Crippen molar-refractivity contribution in [1.82, 2.24) is 0 Å². The van der Waals surface area contributed by atoms with Crippen molar-refractivity contribution in [3.05, 3.63) is 103 Å². The highest BCUT2D eigenvalue weighted by Gasteiger charge is 2.22. The number of anilines is 2. The minimum atomic E-state index is -4.14. The lowest BCUT2D eigenvalue weighted by Crippen LogP contribution is -2.13. The monoisotopic (exact) mass is 498 g/mol. The lowest BCUT2D eigenvalue weighted by molar-refractivity contribution is 0.470. The first kappa shape index (κ1) is 23.5. The first-order valence-electron chi connectivity index (χ1n) is 11.5. The SMILES string of the molecule is CN(C)c1cccc2c(S(=O)(=O)Oc3ccccc3NCc3c(O)ccc4ccccc34)cccc12. The number of hydrogen-bond acceptors (Lipinski definition) is 6. The number of phenols is 1.